The molecular weight excluding hydrogens is 603 g/mol. The van der Waals surface area contributed by atoms with Crippen LogP contribution in [0.1, 0.15) is 33.4 Å². The fourth-order valence-electron chi connectivity index (χ4n) is 6.16. The first kappa shape index (κ1) is 36.1. The summed E-state index contributed by atoms with van der Waals surface area (Å²) in [5, 5.41) is 5.84. The maximum atomic E-state index is 2.45. The number of halogens is 3. The molecule has 5 rings (SSSR count). The molecule has 0 saturated heterocycles. The van der Waals surface area contributed by atoms with E-state index in [1.54, 1.807) is 0 Å². The van der Waals surface area contributed by atoms with E-state index in [0.29, 0.717) is 0 Å². The van der Waals surface area contributed by atoms with E-state index in [1.807, 2.05) is 0 Å². The molecule has 0 bridgehead atoms. The molecule has 0 aliphatic heterocycles. The Morgan fingerprint density at radius 3 is 1.15 bits per heavy atom. The van der Waals surface area contributed by atoms with Crippen LogP contribution < -0.4 is 58.0 Å². The van der Waals surface area contributed by atoms with Crippen molar-refractivity contribution in [3.8, 4) is 11.1 Å². The third-order valence-corrected chi connectivity index (χ3v) is 12.0. The minimum Gasteiger partial charge on any atom is -1.00 e. The quantitative estimate of drug-likeness (QED) is 0.112. The molecule has 0 spiro atoms. The smallest absolute Gasteiger partial charge is 1.00 e. The molecule has 0 atom stereocenters. The summed E-state index contributed by atoms with van der Waals surface area (Å²) in [4.78, 5) is 0. The van der Waals surface area contributed by atoms with Crippen LogP contribution in [0.2, 0.25) is 0 Å². The molecule has 0 amide bonds. The van der Waals surface area contributed by atoms with Crippen molar-refractivity contribution in [3.05, 3.63) is 137 Å². The van der Waals surface area contributed by atoms with Crippen LogP contribution in [0.5, 0.6) is 0 Å². The summed E-state index contributed by atoms with van der Waals surface area (Å²) in [6, 6.07) is 39.5. The van der Waals surface area contributed by atoms with Crippen molar-refractivity contribution >= 4 is 28.8 Å². The van der Waals surface area contributed by atoms with E-state index >= 15 is 0 Å². The first-order valence-corrected chi connectivity index (χ1v) is 14.9. The van der Waals surface area contributed by atoms with E-state index < -0.39 is 8.07 Å². The minimum atomic E-state index is -2.66. The maximum Gasteiger partial charge on any atom is 4.00 e. The van der Waals surface area contributed by atoms with Crippen molar-refractivity contribution in [2.24, 2.45) is 0 Å². The second kappa shape index (κ2) is 14.8. The molecule has 204 valence electrons. The van der Waals surface area contributed by atoms with Crippen molar-refractivity contribution in [1.82, 2.24) is 0 Å². The van der Waals surface area contributed by atoms with E-state index in [4.69, 9.17) is 0 Å². The third-order valence-electron chi connectivity index (χ3n) is 7.27. The SMILES string of the molecule is Cc1cc(C)cc([Si](c2cc(C)cc(C)c2)(c2cc(C)cc(C)c2)[c-]2cccc2-c2ccccc2)c1.[Cl-].[Cl-].[Cl-].[Ti+4]. The normalized spacial score (nSPS) is 10.4. The summed E-state index contributed by atoms with van der Waals surface area (Å²) >= 11 is 0. The van der Waals surface area contributed by atoms with E-state index in [2.05, 4.69) is 145 Å². The molecule has 0 fully saturated rings. The molecule has 0 radical (unpaired) electrons. The first-order valence-electron chi connectivity index (χ1n) is 12.9. The van der Waals surface area contributed by atoms with Gasteiger partial charge in [0.1, 0.15) is 8.07 Å². The zero-order chi connectivity index (χ0) is 25.4. The molecule has 5 aromatic rings. The molecule has 5 heteroatoms. The van der Waals surface area contributed by atoms with Gasteiger partial charge in [-0.25, -0.2) is 0 Å². The van der Waals surface area contributed by atoms with Crippen LogP contribution in [0.15, 0.2) is 103 Å². The van der Waals surface area contributed by atoms with Crippen LogP contribution in [0.4, 0.5) is 0 Å². The van der Waals surface area contributed by atoms with Gasteiger partial charge in [0.2, 0.25) is 0 Å². The zero-order valence-corrected chi connectivity index (χ0v) is 28.8. The van der Waals surface area contributed by atoms with Crippen molar-refractivity contribution in [2.75, 3.05) is 0 Å². The number of aryl methyl sites for hydroxylation is 6. The second-order valence-corrected chi connectivity index (χ2v) is 14.4. The second-order valence-electron chi connectivity index (χ2n) is 10.6. The Labute approximate surface area is 275 Å². The molecule has 0 heterocycles. The first-order chi connectivity index (χ1) is 17.3. The van der Waals surface area contributed by atoms with Gasteiger partial charge in [0.25, 0.3) is 0 Å². The summed E-state index contributed by atoms with van der Waals surface area (Å²) in [5.74, 6) is 0. The summed E-state index contributed by atoms with van der Waals surface area (Å²) in [7, 11) is -2.66. The molecule has 0 aromatic heterocycles. The van der Waals surface area contributed by atoms with E-state index in [-0.39, 0.29) is 58.9 Å². The molecule has 5 aromatic carbocycles. The van der Waals surface area contributed by atoms with Gasteiger partial charge in [-0.05, 0) is 41.5 Å². The number of hydrogen-bond donors (Lipinski definition) is 0. The predicted molar refractivity (Wildman–Crippen MR) is 160 cm³/mol. The third kappa shape index (κ3) is 6.90. The monoisotopic (exact) mass is 636 g/mol. The van der Waals surface area contributed by atoms with Crippen molar-refractivity contribution in [1.29, 1.82) is 0 Å². The van der Waals surface area contributed by atoms with Gasteiger partial charge in [-0.2, -0.15) is 18.2 Å². The summed E-state index contributed by atoms with van der Waals surface area (Å²) in [5.41, 5.74) is 10.6. The van der Waals surface area contributed by atoms with E-state index in [9.17, 15) is 0 Å². The van der Waals surface area contributed by atoms with Crippen LogP contribution in [-0.4, -0.2) is 8.07 Å². The fraction of sp³-hybridized carbons (Fsp3) is 0.171. The van der Waals surface area contributed by atoms with Crippen molar-refractivity contribution < 1.29 is 58.9 Å². The van der Waals surface area contributed by atoms with E-state index in [1.165, 1.54) is 65.3 Å². The standard InChI is InChI=1S/C35H35Si.3ClH.Ti/c1-24-15-25(2)19-31(18-24)36(32-20-26(3)16-27(4)21-32,33-22-28(5)17-29(6)23-33)35-14-10-13-34(35)30-11-8-7-9-12-30;;;;/h7-23H,1-6H3;3*1H;/q-1;;;;+4/p-3. The number of rotatable bonds is 5. The molecular formula is C35H35Cl3SiTi. The van der Waals surface area contributed by atoms with Crippen LogP contribution in [0.3, 0.4) is 0 Å². The summed E-state index contributed by atoms with van der Waals surface area (Å²) in [6.45, 7) is 13.4. The average Bonchev–Trinajstić information content (AvgIpc) is 3.28. The summed E-state index contributed by atoms with van der Waals surface area (Å²) < 4.78 is 0. The Bertz CT molecular complexity index is 1370. The Balaban J connectivity index is 0.00000200. The predicted octanol–water partition coefficient (Wildman–Crippen LogP) is -2.69. The summed E-state index contributed by atoms with van der Waals surface area (Å²) in [6.07, 6.45) is 0. The molecule has 40 heavy (non-hydrogen) atoms. The molecule has 0 aliphatic rings. The van der Waals surface area contributed by atoms with Gasteiger partial charge in [-0.15, -0.1) is 16.3 Å². The van der Waals surface area contributed by atoms with Crippen molar-refractivity contribution in [3.63, 3.8) is 0 Å². The number of hydrogen-bond acceptors (Lipinski definition) is 0. The molecule has 0 nitrogen and oxygen atoms in total. The van der Waals surface area contributed by atoms with Gasteiger partial charge < -0.3 is 37.2 Å². The van der Waals surface area contributed by atoms with Crippen LogP contribution >= 0.6 is 0 Å². The van der Waals surface area contributed by atoms with E-state index in [0.717, 1.165) is 0 Å². The van der Waals surface area contributed by atoms with Gasteiger partial charge in [0.15, 0.2) is 0 Å². The van der Waals surface area contributed by atoms with Gasteiger partial charge in [-0.3, -0.25) is 0 Å². The average molecular weight is 638 g/mol. The maximum absolute atomic E-state index is 2.66. The van der Waals surface area contributed by atoms with Gasteiger partial charge in [0, 0.05) is 0 Å². The molecule has 0 unspecified atom stereocenters. The Morgan fingerprint density at radius 1 is 0.450 bits per heavy atom. The van der Waals surface area contributed by atoms with Gasteiger partial charge >= 0.3 is 21.7 Å². The minimum absolute atomic E-state index is 0. The fourth-order valence-corrected chi connectivity index (χ4v) is 11.7. The van der Waals surface area contributed by atoms with Crippen LogP contribution in [-0.2, 0) is 21.7 Å². The molecule has 0 saturated carbocycles. The van der Waals surface area contributed by atoms with Crippen LogP contribution in [0, 0.1) is 41.5 Å². The molecule has 0 aliphatic carbocycles. The Kier molecular flexibility index (Phi) is 13.3. The largest absolute Gasteiger partial charge is 4.00 e. The Morgan fingerprint density at radius 2 is 0.800 bits per heavy atom. The molecule has 0 N–H and O–H groups in total. The van der Waals surface area contributed by atoms with Gasteiger partial charge in [0.05, 0.1) is 0 Å². The topological polar surface area (TPSA) is 0 Å². The number of benzene rings is 4. The van der Waals surface area contributed by atoms with Crippen LogP contribution in [0.25, 0.3) is 11.1 Å². The van der Waals surface area contributed by atoms with Gasteiger partial charge in [-0.1, -0.05) is 134 Å². The zero-order valence-electron chi connectivity index (χ0n) is 23.9. The Hall–Kier alpha value is -1.97. The van der Waals surface area contributed by atoms with Crippen molar-refractivity contribution in [2.45, 2.75) is 41.5 Å².